The predicted octanol–water partition coefficient (Wildman–Crippen LogP) is 2.20. The molecule has 0 aliphatic rings. The van der Waals surface area contributed by atoms with Crippen LogP contribution in [0.1, 0.15) is 39.0 Å². The molecule has 2 N–H and O–H groups in total. The van der Waals surface area contributed by atoms with Gasteiger partial charge in [-0.25, -0.2) is 0 Å². The molecule has 0 bridgehead atoms. The molecular formula is C11H20O3. The van der Waals surface area contributed by atoms with Crippen LogP contribution in [0, 0.1) is 5.92 Å². The van der Waals surface area contributed by atoms with Crippen molar-refractivity contribution in [2.45, 2.75) is 45.1 Å². The van der Waals surface area contributed by atoms with Crippen molar-refractivity contribution >= 4 is 5.97 Å². The van der Waals surface area contributed by atoms with Crippen LogP contribution in [0.15, 0.2) is 12.7 Å². The quantitative estimate of drug-likeness (QED) is 0.590. The van der Waals surface area contributed by atoms with Crippen LogP contribution in [-0.2, 0) is 4.79 Å². The fraction of sp³-hybridized carbons (Fsp3) is 0.727. The van der Waals surface area contributed by atoms with Crippen molar-refractivity contribution < 1.29 is 15.0 Å². The SMILES string of the molecule is C=CCC(O)CC(CCCC)C(=O)O. The summed E-state index contributed by atoms with van der Waals surface area (Å²) < 4.78 is 0. The molecule has 0 saturated carbocycles. The molecule has 82 valence electrons. The average molecular weight is 200 g/mol. The van der Waals surface area contributed by atoms with Gasteiger partial charge < -0.3 is 10.2 Å². The van der Waals surface area contributed by atoms with E-state index in [1.807, 2.05) is 6.92 Å². The Bertz CT molecular complexity index is 177. The van der Waals surface area contributed by atoms with Crippen LogP contribution in [0.4, 0.5) is 0 Å². The lowest BCUT2D eigenvalue weighted by Gasteiger charge is -2.15. The largest absolute Gasteiger partial charge is 0.481 e. The fourth-order valence-corrected chi connectivity index (χ4v) is 1.41. The van der Waals surface area contributed by atoms with E-state index in [-0.39, 0.29) is 0 Å². The number of aliphatic hydroxyl groups excluding tert-OH is 1. The first-order valence-corrected chi connectivity index (χ1v) is 5.13. The second-order valence-electron chi connectivity index (χ2n) is 3.59. The smallest absolute Gasteiger partial charge is 0.306 e. The lowest BCUT2D eigenvalue weighted by Crippen LogP contribution is -2.20. The van der Waals surface area contributed by atoms with Gasteiger partial charge in [0.25, 0.3) is 0 Å². The highest BCUT2D eigenvalue weighted by molar-refractivity contribution is 5.69. The molecule has 0 aromatic heterocycles. The molecule has 3 nitrogen and oxygen atoms in total. The van der Waals surface area contributed by atoms with Gasteiger partial charge in [0.15, 0.2) is 0 Å². The Morgan fingerprint density at radius 3 is 2.64 bits per heavy atom. The van der Waals surface area contributed by atoms with Gasteiger partial charge in [0.05, 0.1) is 12.0 Å². The second-order valence-corrected chi connectivity index (χ2v) is 3.59. The number of carboxylic acids is 1. The van der Waals surface area contributed by atoms with E-state index in [1.165, 1.54) is 0 Å². The third-order valence-electron chi connectivity index (χ3n) is 2.25. The molecule has 0 aliphatic heterocycles. The molecule has 0 aliphatic carbocycles. The normalized spacial score (nSPS) is 14.7. The maximum Gasteiger partial charge on any atom is 0.306 e. The molecule has 0 fully saturated rings. The molecule has 2 unspecified atom stereocenters. The van der Waals surface area contributed by atoms with E-state index in [2.05, 4.69) is 6.58 Å². The minimum Gasteiger partial charge on any atom is -0.481 e. The Balaban J connectivity index is 3.94. The topological polar surface area (TPSA) is 57.5 Å². The summed E-state index contributed by atoms with van der Waals surface area (Å²) >= 11 is 0. The number of hydrogen-bond acceptors (Lipinski definition) is 2. The number of aliphatic carboxylic acids is 1. The molecule has 0 spiro atoms. The van der Waals surface area contributed by atoms with Crippen molar-refractivity contribution in [3.63, 3.8) is 0 Å². The van der Waals surface area contributed by atoms with Crippen molar-refractivity contribution in [1.29, 1.82) is 0 Å². The Morgan fingerprint density at radius 2 is 2.21 bits per heavy atom. The Kier molecular flexibility index (Phi) is 7.11. The maximum atomic E-state index is 10.8. The second kappa shape index (κ2) is 7.56. The zero-order valence-corrected chi connectivity index (χ0v) is 8.78. The first kappa shape index (κ1) is 13.2. The minimum atomic E-state index is -0.804. The third kappa shape index (κ3) is 5.75. The van der Waals surface area contributed by atoms with Crippen LogP contribution in [-0.4, -0.2) is 22.3 Å². The summed E-state index contributed by atoms with van der Waals surface area (Å²) in [5, 5.41) is 18.3. The van der Waals surface area contributed by atoms with Gasteiger partial charge in [-0.1, -0.05) is 25.8 Å². The summed E-state index contributed by atoms with van der Waals surface area (Å²) in [6.07, 6.45) is 4.39. The van der Waals surface area contributed by atoms with E-state index < -0.39 is 18.0 Å². The molecule has 0 radical (unpaired) electrons. The van der Waals surface area contributed by atoms with E-state index in [0.717, 1.165) is 12.8 Å². The van der Waals surface area contributed by atoms with Crippen molar-refractivity contribution in [2.24, 2.45) is 5.92 Å². The first-order valence-electron chi connectivity index (χ1n) is 5.13. The van der Waals surface area contributed by atoms with Gasteiger partial charge in [0, 0.05) is 0 Å². The molecule has 0 amide bonds. The van der Waals surface area contributed by atoms with Gasteiger partial charge in [0.1, 0.15) is 0 Å². The van der Waals surface area contributed by atoms with Gasteiger partial charge in [-0.15, -0.1) is 6.58 Å². The Labute approximate surface area is 85.4 Å². The standard InChI is InChI=1S/C11H20O3/c1-3-5-7-9(11(13)14)8-10(12)6-4-2/h4,9-10,12H,2-3,5-8H2,1H3,(H,13,14). The number of unbranched alkanes of at least 4 members (excludes halogenated alkanes) is 1. The molecule has 0 heterocycles. The zero-order chi connectivity index (χ0) is 11.0. The van der Waals surface area contributed by atoms with E-state index in [4.69, 9.17) is 5.11 Å². The monoisotopic (exact) mass is 200 g/mol. The zero-order valence-electron chi connectivity index (χ0n) is 8.78. The molecule has 0 aromatic rings. The number of carbonyl (C=O) groups is 1. The third-order valence-corrected chi connectivity index (χ3v) is 2.25. The van der Waals surface area contributed by atoms with Crippen LogP contribution in [0.2, 0.25) is 0 Å². The molecular weight excluding hydrogens is 180 g/mol. The molecule has 0 rings (SSSR count). The Hall–Kier alpha value is -0.830. The van der Waals surface area contributed by atoms with Gasteiger partial charge in [-0.05, 0) is 19.3 Å². The van der Waals surface area contributed by atoms with E-state index in [9.17, 15) is 9.90 Å². The Morgan fingerprint density at radius 1 is 1.57 bits per heavy atom. The van der Waals surface area contributed by atoms with Crippen molar-refractivity contribution in [2.75, 3.05) is 0 Å². The molecule has 2 atom stereocenters. The molecule has 0 saturated heterocycles. The lowest BCUT2D eigenvalue weighted by atomic mass is 9.94. The molecule has 0 aromatic carbocycles. The summed E-state index contributed by atoms with van der Waals surface area (Å²) in [5.74, 6) is -1.22. The number of aliphatic hydroxyl groups is 1. The lowest BCUT2D eigenvalue weighted by molar-refractivity contribution is -0.143. The van der Waals surface area contributed by atoms with Gasteiger partial charge >= 0.3 is 5.97 Å². The molecule has 3 heteroatoms. The molecule has 14 heavy (non-hydrogen) atoms. The van der Waals surface area contributed by atoms with Crippen LogP contribution < -0.4 is 0 Å². The van der Waals surface area contributed by atoms with Crippen molar-refractivity contribution in [3.05, 3.63) is 12.7 Å². The summed E-state index contributed by atoms with van der Waals surface area (Å²) in [5.41, 5.74) is 0. The van der Waals surface area contributed by atoms with E-state index >= 15 is 0 Å². The first-order chi connectivity index (χ1) is 6.61. The number of rotatable bonds is 8. The van der Waals surface area contributed by atoms with Crippen LogP contribution in [0.5, 0.6) is 0 Å². The minimum absolute atomic E-state index is 0.335. The van der Waals surface area contributed by atoms with Gasteiger partial charge in [0.2, 0.25) is 0 Å². The van der Waals surface area contributed by atoms with Crippen molar-refractivity contribution in [1.82, 2.24) is 0 Å². The van der Waals surface area contributed by atoms with E-state index in [0.29, 0.717) is 19.3 Å². The van der Waals surface area contributed by atoms with Crippen LogP contribution in [0.3, 0.4) is 0 Å². The number of hydrogen-bond donors (Lipinski definition) is 2. The summed E-state index contributed by atoms with van der Waals surface area (Å²) in [7, 11) is 0. The summed E-state index contributed by atoms with van der Waals surface area (Å²) in [6.45, 7) is 5.53. The summed E-state index contributed by atoms with van der Waals surface area (Å²) in [4.78, 5) is 10.8. The average Bonchev–Trinajstić information content (AvgIpc) is 2.12. The highest BCUT2D eigenvalue weighted by Crippen LogP contribution is 2.16. The highest BCUT2D eigenvalue weighted by atomic mass is 16.4. The highest BCUT2D eigenvalue weighted by Gasteiger charge is 2.19. The van der Waals surface area contributed by atoms with Gasteiger partial charge in [-0.2, -0.15) is 0 Å². The van der Waals surface area contributed by atoms with Gasteiger partial charge in [-0.3, -0.25) is 4.79 Å². The van der Waals surface area contributed by atoms with E-state index in [1.54, 1.807) is 6.08 Å². The van der Waals surface area contributed by atoms with Crippen LogP contribution in [0.25, 0.3) is 0 Å². The number of carboxylic acid groups (broad SMARTS) is 1. The fourth-order valence-electron chi connectivity index (χ4n) is 1.41. The maximum absolute atomic E-state index is 10.8. The predicted molar refractivity (Wildman–Crippen MR) is 56.1 cm³/mol. The van der Waals surface area contributed by atoms with Crippen molar-refractivity contribution in [3.8, 4) is 0 Å². The van der Waals surface area contributed by atoms with Crippen LogP contribution >= 0.6 is 0 Å². The summed E-state index contributed by atoms with van der Waals surface area (Å²) in [6, 6.07) is 0.